The number of carbonyl (C=O) groups excluding carboxylic acids is 2. The summed E-state index contributed by atoms with van der Waals surface area (Å²) in [6.07, 6.45) is 0. The molecular weight excluding hydrogens is 316 g/mol. The molecule has 2 aromatic rings. The Hall–Kier alpha value is -2.56. The number of hydrogen-bond acceptors (Lipinski definition) is 3. The van der Waals surface area contributed by atoms with Gasteiger partial charge in [-0.2, -0.15) is 0 Å². The van der Waals surface area contributed by atoms with Gasteiger partial charge in [-0.1, -0.05) is 30.3 Å². The summed E-state index contributed by atoms with van der Waals surface area (Å²) in [7, 11) is 0. The smallest absolute Gasteiger partial charge is 0.242 e. The third-order valence-corrected chi connectivity index (χ3v) is 4.05. The number of amides is 2. The molecule has 0 fully saturated rings. The molecule has 0 atom stereocenters. The molecule has 0 aliphatic heterocycles. The largest absolute Gasteiger partial charge is 0.464 e. The third-order valence-electron chi connectivity index (χ3n) is 4.05. The van der Waals surface area contributed by atoms with Gasteiger partial charge in [0.15, 0.2) is 0 Å². The van der Waals surface area contributed by atoms with Crippen LogP contribution in [0.3, 0.4) is 0 Å². The van der Waals surface area contributed by atoms with Crippen LogP contribution in [-0.2, 0) is 22.7 Å². The van der Waals surface area contributed by atoms with Gasteiger partial charge in [-0.15, -0.1) is 0 Å². The first-order valence-electron chi connectivity index (χ1n) is 8.51. The topological polar surface area (TPSA) is 53.8 Å². The van der Waals surface area contributed by atoms with Gasteiger partial charge in [-0.05, 0) is 38.5 Å². The zero-order valence-electron chi connectivity index (χ0n) is 15.4. The minimum atomic E-state index is -0.100. The number of furan rings is 1. The van der Waals surface area contributed by atoms with Crippen molar-refractivity contribution in [3.63, 3.8) is 0 Å². The van der Waals surface area contributed by atoms with Crippen LogP contribution in [0.25, 0.3) is 0 Å². The lowest BCUT2D eigenvalue weighted by atomic mass is 10.2. The first kappa shape index (κ1) is 18.8. The second-order valence-electron chi connectivity index (χ2n) is 6.49. The van der Waals surface area contributed by atoms with E-state index in [4.69, 9.17) is 4.42 Å². The van der Waals surface area contributed by atoms with E-state index in [-0.39, 0.29) is 24.4 Å². The summed E-state index contributed by atoms with van der Waals surface area (Å²) >= 11 is 0. The first-order chi connectivity index (χ1) is 11.9. The molecule has 25 heavy (non-hydrogen) atoms. The predicted molar refractivity (Wildman–Crippen MR) is 96.7 cm³/mol. The van der Waals surface area contributed by atoms with Crippen molar-refractivity contribution in [2.45, 2.75) is 46.8 Å². The molecule has 0 saturated carbocycles. The molecule has 0 unspecified atom stereocenters. The fourth-order valence-corrected chi connectivity index (χ4v) is 2.70. The molecule has 134 valence electrons. The molecule has 5 heteroatoms. The minimum Gasteiger partial charge on any atom is -0.464 e. The zero-order chi connectivity index (χ0) is 18.4. The van der Waals surface area contributed by atoms with E-state index in [2.05, 4.69) is 0 Å². The molecule has 1 aromatic carbocycles. The van der Waals surface area contributed by atoms with Crippen LogP contribution in [0.15, 0.2) is 46.9 Å². The molecule has 0 aliphatic rings. The Morgan fingerprint density at radius 2 is 1.72 bits per heavy atom. The fourth-order valence-electron chi connectivity index (χ4n) is 2.70. The fraction of sp³-hybridized carbons (Fsp3) is 0.400. The maximum absolute atomic E-state index is 12.9. The van der Waals surface area contributed by atoms with Gasteiger partial charge in [0.25, 0.3) is 0 Å². The quantitative estimate of drug-likeness (QED) is 0.775. The van der Waals surface area contributed by atoms with Crippen LogP contribution >= 0.6 is 0 Å². The number of rotatable bonds is 7. The molecular formula is C20H26N2O3. The summed E-state index contributed by atoms with van der Waals surface area (Å²) < 4.78 is 5.63. The summed E-state index contributed by atoms with van der Waals surface area (Å²) in [6, 6.07) is 13.6. The number of carbonyl (C=O) groups is 2. The van der Waals surface area contributed by atoms with Crippen molar-refractivity contribution in [1.29, 1.82) is 0 Å². The molecule has 0 radical (unpaired) electrons. The first-order valence-corrected chi connectivity index (χ1v) is 8.51. The van der Waals surface area contributed by atoms with Gasteiger partial charge in [0, 0.05) is 19.5 Å². The molecule has 2 amide bonds. The number of benzene rings is 1. The molecule has 1 heterocycles. The summed E-state index contributed by atoms with van der Waals surface area (Å²) in [4.78, 5) is 28.0. The Bertz CT molecular complexity index is 707. The molecule has 0 bridgehead atoms. The lowest BCUT2D eigenvalue weighted by Crippen LogP contribution is -2.44. The van der Waals surface area contributed by atoms with Crippen LogP contribution in [0.1, 0.15) is 37.9 Å². The van der Waals surface area contributed by atoms with Gasteiger partial charge in [0.1, 0.15) is 11.5 Å². The van der Waals surface area contributed by atoms with E-state index in [1.807, 2.05) is 63.2 Å². The second-order valence-corrected chi connectivity index (χ2v) is 6.49. The maximum atomic E-state index is 12.9. The lowest BCUT2D eigenvalue weighted by molar-refractivity contribution is -0.141. The Morgan fingerprint density at radius 1 is 1.04 bits per heavy atom. The monoisotopic (exact) mass is 342 g/mol. The third kappa shape index (κ3) is 5.48. The van der Waals surface area contributed by atoms with Crippen LogP contribution in [0, 0.1) is 6.92 Å². The Balaban J connectivity index is 2.17. The van der Waals surface area contributed by atoms with Gasteiger partial charge in [-0.25, -0.2) is 0 Å². The highest BCUT2D eigenvalue weighted by molar-refractivity contribution is 5.84. The normalized spacial score (nSPS) is 10.8. The maximum Gasteiger partial charge on any atom is 0.242 e. The van der Waals surface area contributed by atoms with E-state index in [0.29, 0.717) is 13.1 Å². The van der Waals surface area contributed by atoms with Crippen LogP contribution in [-0.4, -0.2) is 34.2 Å². The Morgan fingerprint density at radius 3 is 2.24 bits per heavy atom. The summed E-state index contributed by atoms with van der Waals surface area (Å²) in [5, 5.41) is 0. The number of hydrogen-bond donors (Lipinski definition) is 0. The highest BCUT2D eigenvalue weighted by Crippen LogP contribution is 2.14. The molecule has 0 spiro atoms. The van der Waals surface area contributed by atoms with Crippen LogP contribution < -0.4 is 0 Å². The highest BCUT2D eigenvalue weighted by atomic mass is 16.3. The van der Waals surface area contributed by atoms with Crippen molar-refractivity contribution in [3.05, 3.63) is 59.5 Å². The van der Waals surface area contributed by atoms with Gasteiger partial charge < -0.3 is 14.2 Å². The molecule has 0 N–H and O–H groups in total. The van der Waals surface area contributed by atoms with Crippen LogP contribution in [0.5, 0.6) is 0 Å². The SMILES string of the molecule is CC(=O)N(CC(=O)N(Cc1ccccc1)Cc1ccc(C)o1)C(C)C. The van der Waals surface area contributed by atoms with Crippen molar-refractivity contribution in [2.24, 2.45) is 0 Å². The number of nitrogens with zero attached hydrogens (tertiary/aromatic N) is 2. The van der Waals surface area contributed by atoms with Gasteiger partial charge in [0.05, 0.1) is 13.1 Å². The van der Waals surface area contributed by atoms with Gasteiger partial charge in [-0.3, -0.25) is 9.59 Å². The van der Waals surface area contributed by atoms with E-state index >= 15 is 0 Å². The molecule has 0 saturated heterocycles. The summed E-state index contributed by atoms with van der Waals surface area (Å²) in [6.45, 7) is 8.11. The molecule has 2 rings (SSSR count). The van der Waals surface area contributed by atoms with Crippen LogP contribution in [0.4, 0.5) is 0 Å². The lowest BCUT2D eigenvalue weighted by Gasteiger charge is -2.29. The van der Waals surface area contributed by atoms with Gasteiger partial charge in [0.2, 0.25) is 11.8 Å². The predicted octanol–water partition coefficient (Wildman–Crippen LogP) is 3.37. The van der Waals surface area contributed by atoms with Crippen molar-refractivity contribution < 1.29 is 14.0 Å². The average Bonchev–Trinajstić information content (AvgIpc) is 2.97. The van der Waals surface area contributed by atoms with E-state index in [0.717, 1.165) is 17.1 Å². The van der Waals surface area contributed by atoms with E-state index in [1.54, 1.807) is 9.80 Å². The second kappa shape index (κ2) is 8.51. The number of aryl methyl sites for hydroxylation is 1. The van der Waals surface area contributed by atoms with Crippen molar-refractivity contribution in [2.75, 3.05) is 6.54 Å². The van der Waals surface area contributed by atoms with E-state index in [9.17, 15) is 9.59 Å². The summed E-state index contributed by atoms with van der Waals surface area (Å²) in [5.41, 5.74) is 1.04. The molecule has 5 nitrogen and oxygen atoms in total. The van der Waals surface area contributed by atoms with E-state index in [1.165, 1.54) is 6.92 Å². The zero-order valence-corrected chi connectivity index (χ0v) is 15.4. The van der Waals surface area contributed by atoms with Crippen molar-refractivity contribution in [3.8, 4) is 0 Å². The van der Waals surface area contributed by atoms with Gasteiger partial charge >= 0.3 is 0 Å². The summed E-state index contributed by atoms with van der Waals surface area (Å²) in [5.74, 6) is 1.36. The Kier molecular flexibility index (Phi) is 6.39. The molecule has 1 aromatic heterocycles. The van der Waals surface area contributed by atoms with Crippen molar-refractivity contribution >= 4 is 11.8 Å². The molecule has 0 aliphatic carbocycles. The standard InChI is InChI=1S/C20H26N2O3/c1-15(2)22(17(4)23)14-20(24)21(12-18-8-6-5-7-9-18)13-19-11-10-16(3)25-19/h5-11,15H,12-14H2,1-4H3. The van der Waals surface area contributed by atoms with Crippen LogP contribution in [0.2, 0.25) is 0 Å². The minimum absolute atomic E-state index is 0.0223. The highest BCUT2D eigenvalue weighted by Gasteiger charge is 2.22. The van der Waals surface area contributed by atoms with E-state index < -0.39 is 0 Å². The van der Waals surface area contributed by atoms with Crippen molar-refractivity contribution in [1.82, 2.24) is 9.80 Å². The Labute approximate surface area is 149 Å². The average molecular weight is 342 g/mol.